The van der Waals surface area contributed by atoms with Crippen LogP contribution in [0.15, 0.2) is 24.3 Å². The van der Waals surface area contributed by atoms with Crippen LogP contribution in [-0.4, -0.2) is 40.1 Å². The lowest BCUT2D eigenvalue weighted by Gasteiger charge is -2.26. The minimum absolute atomic E-state index is 0.0221. The van der Waals surface area contributed by atoms with Gasteiger partial charge in [-0.25, -0.2) is 4.79 Å². The number of aliphatic hydroxyl groups excluding tert-OH is 1. The molecule has 0 aliphatic heterocycles. The fourth-order valence-corrected chi connectivity index (χ4v) is 5.55. The summed E-state index contributed by atoms with van der Waals surface area (Å²) < 4.78 is 5.15. The topological polar surface area (TPSA) is 101 Å². The third-order valence-electron chi connectivity index (χ3n) is 8.61. The second kappa shape index (κ2) is 32.0. The number of ether oxygens (including phenoxy) is 1. The van der Waals surface area contributed by atoms with E-state index in [0.29, 0.717) is 12.8 Å². The highest BCUT2D eigenvalue weighted by Crippen LogP contribution is 2.20. The van der Waals surface area contributed by atoms with Crippen LogP contribution in [0.3, 0.4) is 0 Å². The molecule has 0 heterocycles. The zero-order valence-electron chi connectivity index (χ0n) is 29.3. The van der Waals surface area contributed by atoms with Crippen molar-refractivity contribution in [3.05, 3.63) is 24.3 Å². The average Bonchev–Trinajstić information content (AvgIpc) is 3.03. The lowest BCUT2D eigenvalue weighted by atomic mass is 9.94. The van der Waals surface area contributed by atoms with E-state index in [1.807, 2.05) is 0 Å². The standard InChI is InChI=1S/C39H70O6/c1-3-5-7-9-11-13-15-17-19-21-23-25-27-29-31-33-36(41)39(35-40,38(43)44)45-37(42)34-32-30-28-26-24-22-20-18-16-14-12-10-8-6-4-2/h17-20,40H,3-16,21-35H2,1-2H3,(H,43,44)/b19-17-,20-18-. The Kier molecular flexibility index (Phi) is 30.6. The summed E-state index contributed by atoms with van der Waals surface area (Å²) in [5.74, 6) is -3.06. The van der Waals surface area contributed by atoms with Crippen LogP contribution in [0.1, 0.15) is 194 Å². The number of rotatable bonds is 34. The van der Waals surface area contributed by atoms with E-state index in [1.165, 1.54) is 83.5 Å². The Labute approximate surface area is 276 Å². The second-order valence-corrected chi connectivity index (χ2v) is 12.9. The largest absolute Gasteiger partial charge is 0.478 e. The molecule has 0 amide bonds. The van der Waals surface area contributed by atoms with Gasteiger partial charge in [0.15, 0.2) is 5.78 Å². The molecule has 2 N–H and O–H groups in total. The van der Waals surface area contributed by atoms with Gasteiger partial charge in [0, 0.05) is 12.8 Å². The number of carboxylic acid groups (broad SMARTS) is 1. The lowest BCUT2D eigenvalue weighted by Crippen LogP contribution is -2.53. The monoisotopic (exact) mass is 635 g/mol. The third kappa shape index (κ3) is 24.9. The Hall–Kier alpha value is -1.95. The number of allylic oxidation sites excluding steroid dienone is 4. The zero-order valence-corrected chi connectivity index (χ0v) is 29.3. The van der Waals surface area contributed by atoms with Gasteiger partial charge in [0.25, 0.3) is 5.60 Å². The van der Waals surface area contributed by atoms with Crippen molar-refractivity contribution in [3.8, 4) is 0 Å². The number of aliphatic hydroxyl groups is 1. The highest BCUT2D eigenvalue weighted by molar-refractivity contribution is 6.08. The molecule has 0 aliphatic carbocycles. The number of Topliss-reactive ketones (excluding diaryl/α,β-unsaturated/α-hetero) is 1. The normalized spacial score (nSPS) is 13.0. The van der Waals surface area contributed by atoms with Gasteiger partial charge < -0.3 is 14.9 Å². The summed E-state index contributed by atoms with van der Waals surface area (Å²) in [7, 11) is 0. The van der Waals surface area contributed by atoms with Gasteiger partial charge in [-0.15, -0.1) is 0 Å². The maximum atomic E-state index is 12.8. The van der Waals surface area contributed by atoms with E-state index < -0.39 is 29.9 Å². The van der Waals surface area contributed by atoms with Gasteiger partial charge in [-0.1, -0.05) is 141 Å². The van der Waals surface area contributed by atoms with Gasteiger partial charge in [-0.2, -0.15) is 0 Å². The van der Waals surface area contributed by atoms with E-state index in [-0.39, 0.29) is 12.8 Å². The van der Waals surface area contributed by atoms with Crippen LogP contribution in [0.25, 0.3) is 0 Å². The van der Waals surface area contributed by atoms with Crippen molar-refractivity contribution in [1.82, 2.24) is 0 Å². The van der Waals surface area contributed by atoms with E-state index in [2.05, 4.69) is 38.2 Å². The van der Waals surface area contributed by atoms with Crippen molar-refractivity contribution in [2.75, 3.05) is 6.61 Å². The van der Waals surface area contributed by atoms with Crippen molar-refractivity contribution in [2.45, 2.75) is 199 Å². The Morgan fingerprint density at radius 1 is 0.511 bits per heavy atom. The average molecular weight is 635 g/mol. The van der Waals surface area contributed by atoms with Crippen molar-refractivity contribution in [3.63, 3.8) is 0 Å². The number of carbonyl (C=O) groups excluding carboxylic acids is 2. The first kappa shape index (κ1) is 43.0. The fourth-order valence-electron chi connectivity index (χ4n) is 5.55. The van der Waals surface area contributed by atoms with E-state index >= 15 is 0 Å². The summed E-state index contributed by atoms with van der Waals surface area (Å²) in [6.07, 6.45) is 38.6. The molecule has 0 aromatic rings. The Bertz CT molecular complexity index is 773. The summed E-state index contributed by atoms with van der Waals surface area (Å²) in [6.45, 7) is 3.44. The molecule has 0 aromatic carbocycles. The summed E-state index contributed by atoms with van der Waals surface area (Å²) in [5, 5.41) is 19.5. The molecule has 0 rings (SSSR count). The molecule has 0 radical (unpaired) electrons. The molecule has 0 saturated heterocycles. The quantitative estimate of drug-likeness (QED) is 0.0316. The first-order valence-corrected chi connectivity index (χ1v) is 18.8. The number of hydrogen-bond acceptors (Lipinski definition) is 5. The van der Waals surface area contributed by atoms with E-state index in [1.54, 1.807) is 0 Å². The van der Waals surface area contributed by atoms with Crippen LogP contribution >= 0.6 is 0 Å². The van der Waals surface area contributed by atoms with Crippen molar-refractivity contribution in [1.29, 1.82) is 0 Å². The molecule has 0 saturated carbocycles. The number of hydrogen-bond donors (Lipinski definition) is 2. The predicted octanol–water partition coefficient (Wildman–Crippen LogP) is 11.0. The SMILES string of the molecule is CCCCCCCC/C=C\CCCCCCCC(=O)OC(CO)(C(=O)O)C(=O)CCCCCCC/C=C\CCCCCCCC. The number of carboxylic acids is 1. The molecular formula is C39H70O6. The van der Waals surface area contributed by atoms with E-state index in [0.717, 1.165) is 70.6 Å². The van der Waals surface area contributed by atoms with E-state index in [9.17, 15) is 24.6 Å². The molecule has 0 bridgehead atoms. The molecule has 6 heteroatoms. The molecule has 1 atom stereocenters. The van der Waals surface area contributed by atoms with Gasteiger partial charge in [0.1, 0.15) is 6.61 Å². The first-order chi connectivity index (χ1) is 21.9. The zero-order chi connectivity index (χ0) is 33.3. The lowest BCUT2D eigenvalue weighted by molar-refractivity contribution is -0.187. The smallest absolute Gasteiger partial charge is 0.358 e. The van der Waals surface area contributed by atoms with Gasteiger partial charge in [-0.3, -0.25) is 9.59 Å². The maximum Gasteiger partial charge on any atom is 0.358 e. The van der Waals surface area contributed by atoms with Crippen LogP contribution < -0.4 is 0 Å². The fraction of sp³-hybridized carbons (Fsp3) is 0.821. The Morgan fingerprint density at radius 2 is 0.844 bits per heavy atom. The molecule has 0 spiro atoms. The third-order valence-corrected chi connectivity index (χ3v) is 8.61. The first-order valence-electron chi connectivity index (χ1n) is 18.8. The minimum Gasteiger partial charge on any atom is -0.478 e. The molecule has 262 valence electrons. The minimum atomic E-state index is -2.49. The predicted molar refractivity (Wildman–Crippen MR) is 187 cm³/mol. The van der Waals surface area contributed by atoms with Crippen LogP contribution in [-0.2, 0) is 19.1 Å². The van der Waals surface area contributed by atoms with Crippen molar-refractivity contribution < 1.29 is 29.3 Å². The maximum absolute atomic E-state index is 12.8. The van der Waals surface area contributed by atoms with Gasteiger partial charge in [0.05, 0.1) is 0 Å². The second-order valence-electron chi connectivity index (χ2n) is 12.9. The molecule has 0 aliphatic rings. The summed E-state index contributed by atoms with van der Waals surface area (Å²) in [5.41, 5.74) is -2.49. The highest BCUT2D eigenvalue weighted by Gasteiger charge is 2.49. The molecule has 1 unspecified atom stereocenters. The van der Waals surface area contributed by atoms with Crippen LogP contribution in [0.4, 0.5) is 0 Å². The summed E-state index contributed by atoms with van der Waals surface area (Å²) in [6, 6.07) is 0. The molecule has 6 nitrogen and oxygen atoms in total. The molecular weight excluding hydrogens is 564 g/mol. The summed E-state index contributed by atoms with van der Waals surface area (Å²) >= 11 is 0. The van der Waals surface area contributed by atoms with Gasteiger partial charge in [0.2, 0.25) is 0 Å². The van der Waals surface area contributed by atoms with Gasteiger partial charge in [-0.05, 0) is 64.2 Å². The Balaban J connectivity index is 4.01. The number of esters is 1. The van der Waals surface area contributed by atoms with E-state index in [4.69, 9.17) is 4.74 Å². The Morgan fingerprint density at radius 3 is 1.20 bits per heavy atom. The number of aliphatic carboxylic acids is 1. The summed E-state index contributed by atoms with van der Waals surface area (Å²) in [4.78, 5) is 37.1. The number of carbonyl (C=O) groups is 3. The van der Waals surface area contributed by atoms with Crippen LogP contribution in [0.2, 0.25) is 0 Å². The molecule has 0 fully saturated rings. The number of ketones is 1. The van der Waals surface area contributed by atoms with Crippen molar-refractivity contribution >= 4 is 17.7 Å². The highest BCUT2D eigenvalue weighted by atomic mass is 16.6. The van der Waals surface area contributed by atoms with Crippen LogP contribution in [0, 0.1) is 0 Å². The van der Waals surface area contributed by atoms with Gasteiger partial charge >= 0.3 is 11.9 Å². The molecule has 0 aromatic heterocycles. The molecule has 45 heavy (non-hydrogen) atoms. The number of unbranched alkanes of at least 4 members (excludes halogenated alkanes) is 22. The van der Waals surface area contributed by atoms with Crippen molar-refractivity contribution in [2.24, 2.45) is 0 Å². The van der Waals surface area contributed by atoms with Crippen LogP contribution in [0.5, 0.6) is 0 Å².